The summed E-state index contributed by atoms with van der Waals surface area (Å²) in [5.41, 5.74) is 5.14. The van der Waals surface area contributed by atoms with Crippen LogP contribution >= 0.6 is 0 Å². The van der Waals surface area contributed by atoms with E-state index in [2.05, 4.69) is 5.32 Å². The van der Waals surface area contributed by atoms with Crippen LogP contribution in [0.3, 0.4) is 0 Å². The number of hydrogen-bond acceptors (Lipinski definition) is 7. The molecule has 1 aromatic heterocycles. The van der Waals surface area contributed by atoms with Crippen LogP contribution < -0.4 is 19.5 Å². The number of methoxy groups -OCH3 is 3. The molecule has 4 aromatic rings. The van der Waals surface area contributed by atoms with E-state index < -0.39 is 18.5 Å². The smallest absolute Gasteiger partial charge is 0.339 e. The van der Waals surface area contributed by atoms with Crippen molar-refractivity contribution in [3.8, 4) is 17.2 Å². The van der Waals surface area contributed by atoms with Crippen molar-refractivity contribution in [2.24, 2.45) is 0 Å². The third-order valence-electron chi connectivity index (χ3n) is 6.61. The molecule has 0 unspecified atom stereocenters. The fourth-order valence-corrected chi connectivity index (χ4v) is 4.79. The summed E-state index contributed by atoms with van der Waals surface area (Å²) in [5.74, 6) is 0.774. The number of rotatable bonds is 8. The molecule has 5 rings (SSSR count). The summed E-state index contributed by atoms with van der Waals surface area (Å²) < 4.78 is 21.6. The van der Waals surface area contributed by atoms with Gasteiger partial charge in [0.1, 0.15) is 5.75 Å². The van der Waals surface area contributed by atoms with Crippen LogP contribution in [0.25, 0.3) is 22.6 Å². The number of aromatic nitrogens is 1. The number of hydrogen-bond donors (Lipinski definition) is 1. The highest BCUT2D eigenvalue weighted by molar-refractivity contribution is 6.08. The van der Waals surface area contributed by atoms with E-state index in [1.165, 1.54) is 7.11 Å². The number of esters is 1. The molecule has 3 aromatic carbocycles. The largest absolute Gasteiger partial charge is 0.495 e. The second-order valence-electron chi connectivity index (χ2n) is 8.94. The number of nitrogens with one attached hydrogen (secondary N) is 1. The van der Waals surface area contributed by atoms with Gasteiger partial charge in [0.25, 0.3) is 5.91 Å². The molecule has 198 valence electrons. The van der Waals surface area contributed by atoms with Crippen molar-refractivity contribution in [1.82, 2.24) is 4.98 Å². The number of amides is 1. The summed E-state index contributed by atoms with van der Waals surface area (Å²) in [6.07, 6.45) is 3.39. The third-order valence-corrected chi connectivity index (χ3v) is 6.61. The predicted octanol–water partition coefficient (Wildman–Crippen LogP) is 5.54. The molecule has 1 aliphatic rings. The number of carbonyl (C=O) groups excluding carboxylic acids is 2. The molecule has 0 spiro atoms. The minimum atomic E-state index is -0.563. The Morgan fingerprint density at radius 3 is 2.41 bits per heavy atom. The molecular formula is C31H28N2O6. The van der Waals surface area contributed by atoms with Crippen LogP contribution in [-0.4, -0.2) is 44.8 Å². The Labute approximate surface area is 226 Å². The van der Waals surface area contributed by atoms with Crippen molar-refractivity contribution in [1.29, 1.82) is 0 Å². The fourth-order valence-electron chi connectivity index (χ4n) is 4.79. The maximum Gasteiger partial charge on any atom is 0.339 e. The number of anilines is 1. The van der Waals surface area contributed by atoms with E-state index in [0.29, 0.717) is 52.2 Å². The molecule has 1 N–H and O–H groups in total. The minimum absolute atomic E-state index is 0.434. The molecule has 0 fully saturated rings. The SMILES string of the molecule is COc1ccccc1NC(=O)COC(=O)c1c2c(nc3ccccc13)C(=Cc1ccc(OC)c(OC)c1)CC2. The number of carbonyl (C=O) groups is 2. The Kier molecular flexibility index (Phi) is 7.45. The van der Waals surface area contributed by atoms with Gasteiger partial charge in [-0.25, -0.2) is 9.78 Å². The van der Waals surface area contributed by atoms with Gasteiger partial charge in [0.15, 0.2) is 18.1 Å². The van der Waals surface area contributed by atoms with E-state index in [4.69, 9.17) is 23.9 Å². The summed E-state index contributed by atoms with van der Waals surface area (Å²) in [5, 5.41) is 3.42. The van der Waals surface area contributed by atoms with Crippen molar-refractivity contribution >= 4 is 40.1 Å². The van der Waals surface area contributed by atoms with Gasteiger partial charge in [0.2, 0.25) is 0 Å². The topological polar surface area (TPSA) is 96.0 Å². The monoisotopic (exact) mass is 524 g/mol. The first-order valence-corrected chi connectivity index (χ1v) is 12.5. The molecule has 0 atom stereocenters. The number of allylic oxidation sites excluding steroid dienone is 1. The van der Waals surface area contributed by atoms with Gasteiger partial charge in [-0.3, -0.25) is 4.79 Å². The van der Waals surface area contributed by atoms with Crippen molar-refractivity contribution in [3.63, 3.8) is 0 Å². The molecule has 0 radical (unpaired) electrons. The highest BCUT2D eigenvalue weighted by Crippen LogP contribution is 2.38. The lowest BCUT2D eigenvalue weighted by atomic mass is 10.0. The van der Waals surface area contributed by atoms with Gasteiger partial charge >= 0.3 is 5.97 Å². The Hall–Kier alpha value is -4.85. The van der Waals surface area contributed by atoms with Gasteiger partial charge in [0.05, 0.1) is 43.8 Å². The number of nitrogens with zero attached hydrogens (tertiary/aromatic N) is 1. The van der Waals surface area contributed by atoms with Crippen LogP contribution in [0.2, 0.25) is 0 Å². The van der Waals surface area contributed by atoms with Gasteiger partial charge in [-0.05, 0) is 65.9 Å². The maximum absolute atomic E-state index is 13.4. The van der Waals surface area contributed by atoms with E-state index in [9.17, 15) is 9.59 Å². The first kappa shape index (κ1) is 25.8. The standard InChI is InChI=1S/C31H28N2O6/c1-36-25-11-7-6-10-24(25)32-28(34)18-39-31(35)29-21-8-4-5-9-23(21)33-30-20(13-14-22(29)30)16-19-12-15-26(37-2)27(17-19)38-3/h4-12,15-17H,13-14,18H2,1-3H3,(H,32,34). The normalized spacial score (nSPS) is 13.2. The van der Waals surface area contributed by atoms with Crippen molar-refractivity contribution < 1.29 is 28.5 Å². The molecule has 0 aliphatic heterocycles. The van der Waals surface area contributed by atoms with E-state index in [1.54, 1.807) is 38.5 Å². The van der Waals surface area contributed by atoms with Crippen LogP contribution in [-0.2, 0) is 16.0 Å². The first-order valence-electron chi connectivity index (χ1n) is 12.5. The van der Waals surface area contributed by atoms with Crippen molar-refractivity contribution in [2.45, 2.75) is 12.8 Å². The summed E-state index contributed by atoms with van der Waals surface area (Å²) in [6, 6.07) is 20.2. The molecule has 0 saturated carbocycles. The van der Waals surface area contributed by atoms with Gasteiger partial charge in [-0.1, -0.05) is 36.4 Å². The molecule has 1 amide bonds. The summed E-state index contributed by atoms with van der Waals surface area (Å²) in [6.45, 7) is -0.434. The first-order chi connectivity index (χ1) is 19.0. The van der Waals surface area contributed by atoms with E-state index in [0.717, 1.165) is 22.4 Å². The van der Waals surface area contributed by atoms with Crippen molar-refractivity contribution in [3.05, 3.63) is 89.1 Å². The second kappa shape index (κ2) is 11.3. The Morgan fingerprint density at radius 2 is 1.62 bits per heavy atom. The summed E-state index contributed by atoms with van der Waals surface area (Å²) in [4.78, 5) is 30.9. The Bertz CT molecular complexity index is 1590. The van der Waals surface area contributed by atoms with Gasteiger partial charge in [0, 0.05) is 5.39 Å². The zero-order chi connectivity index (χ0) is 27.4. The van der Waals surface area contributed by atoms with Gasteiger partial charge < -0.3 is 24.3 Å². The van der Waals surface area contributed by atoms with Crippen LogP contribution in [0.1, 0.15) is 33.6 Å². The fraction of sp³-hybridized carbons (Fsp3) is 0.194. The molecule has 8 nitrogen and oxygen atoms in total. The molecule has 1 aliphatic carbocycles. The molecule has 0 bridgehead atoms. The van der Waals surface area contributed by atoms with E-state index >= 15 is 0 Å². The third kappa shape index (κ3) is 5.27. The molecule has 1 heterocycles. The van der Waals surface area contributed by atoms with Crippen molar-refractivity contribution in [2.75, 3.05) is 33.3 Å². The lowest BCUT2D eigenvalue weighted by molar-refractivity contribution is -0.119. The van der Waals surface area contributed by atoms with Gasteiger partial charge in [-0.15, -0.1) is 0 Å². The predicted molar refractivity (Wildman–Crippen MR) is 149 cm³/mol. The molecular weight excluding hydrogens is 496 g/mol. The van der Waals surface area contributed by atoms with Gasteiger partial charge in [-0.2, -0.15) is 0 Å². The number of ether oxygens (including phenoxy) is 4. The van der Waals surface area contributed by atoms with Crippen LogP contribution in [0, 0.1) is 0 Å². The van der Waals surface area contributed by atoms with Crippen LogP contribution in [0.5, 0.6) is 17.2 Å². The number of pyridine rings is 1. The lowest BCUT2D eigenvalue weighted by Crippen LogP contribution is -2.22. The average molecular weight is 525 g/mol. The van der Waals surface area contributed by atoms with E-state index in [1.807, 2.05) is 48.5 Å². The number of benzene rings is 3. The number of para-hydroxylation sites is 3. The van der Waals surface area contributed by atoms with Crippen LogP contribution in [0.15, 0.2) is 66.7 Å². The molecule has 8 heteroatoms. The van der Waals surface area contributed by atoms with E-state index in [-0.39, 0.29) is 0 Å². The summed E-state index contributed by atoms with van der Waals surface area (Å²) in [7, 11) is 4.72. The summed E-state index contributed by atoms with van der Waals surface area (Å²) >= 11 is 0. The maximum atomic E-state index is 13.4. The quantitative estimate of drug-likeness (QED) is 0.302. The zero-order valence-electron chi connectivity index (χ0n) is 21.9. The molecule has 0 saturated heterocycles. The lowest BCUT2D eigenvalue weighted by Gasteiger charge is -2.13. The van der Waals surface area contributed by atoms with Crippen LogP contribution in [0.4, 0.5) is 5.69 Å². The molecule has 39 heavy (non-hydrogen) atoms. The zero-order valence-corrected chi connectivity index (χ0v) is 21.9. The highest BCUT2D eigenvalue weighted by atomic mass is 16.5. The minimum Gasteiger partial charge on any atom is -0.495 e. The number of fused-ring (bicyclic) bond motifs is 2. The highest BCUT2D eigenvalue weighted by Gasteiger charge is 2.28. The second-order valence-corrected chi connectivity index (χ2v) is 8.94. The Morgan fingerprint density at radius 1 is 0.872 bits per heavy atom. The Balaban J connectivity index is 1.44. The average Bonchev–Trinajstić information content (AvgIpc) is 3.36.